The Morgan fingerprint density at radius 1 is 0.861 bits per heavy atom. The predicted octanol–water partition coefficient (Wildman–Crippen LogP) is 5.90. The molecule has 1 fully saturated rings. The van der Waals surface area contributed by atoms with Crippen molar-refractivity contribution in [2.75, 3.05) is 5.32 Å². The second kappa shape index (κ2) is 11.5. The Morgan fingerprint density at radius 2 is 1.69 bits per heavy atom. The van der Waals surface area contributed by atoms with E-state index in [0.29, 0.717) is 19.2 Å². The number of carbonyl (C=O) groups excluding carboxylic acids is 1. The van der Waals surface area contributed by atoms with E-state index in [1.54, 1.807) is 12.4 Å². The van der Waals surface area contributed by atoms with Crippen LogP contribution >= 0.6 is 0 Å². The Hall–Kier alpha value is -4.16. The van der Waals surface area contributed by atoms with Crippen molar-refractivity contribution in [3.63, 3.8) is 0 Å². The molecule has 0 unspecified atom stereocenters. The Balaban J connectivity index is 1.16. The quantitative estimate of drug-likeness (QED) is 0.265. The highest BCUT2D eigenvalue weighted by atomic mass is 16.5. The maximum absolute atomic E-state index is 12.2. The molecule has 0 spiro atoms. The van der Waals surface area contributed by atoms with E-state index in [0.717, 1.165) is 40.2 Å². The molecule has 1 aliphatic rings. The molecule has 36 heavy (non-hydrogen) atoms. The molecule has 2 amide bonds. The van der Waals surface area contributed by atoms with Crippen molar-refractivity contribution in [1.82, 2.24) is 15.6 Å². The minimum Gasteiger partial charge on any atom is -0.488 e. The van der Waals surface area contributed by atoms with E-state index in [1.807, 2.05) is 54.6 Å². The number of aromatic nitrogens is 1. The first kappa shape index (κ1) is 23.6. The molecule has 1 aromatic heterocycles. The zero-order valence-electron chi connectivity index (χ0n) is 20.1. The number of amides is 2. The van der Waals surface area contributed by atoms with Gasteiger partial charge in [-0.3, -0.25) is 4.98 Å². The molecule has 6 heteroatoms. The molecule has 0 bridgehead atoms. The third-order valence-corrected chi connectivity index (χ3v) is 6.08. The van der Waals surface area contributed by atoms with Crippen LogP contribution in [0.2, 0.25) is 0 Å². The van der Waals surface area contributed by atoms with Crippen LogP contribution in [0.5, 0.6) is 5.75 Å². The molecule has 0 atom stereocenters. The third-order valence-electron chi connectivity index (χ3n) is 6.08. The molecule has 6 nitrogen and oxygen atoms in total. The number of carbonyl (C=O) groups is 1. The normalized spacial score (nSPS) is 12.7. The van der Waals surface area contributed by atoms with Gasteiger partial charge in [-0.1, -0.05) is 54.6 Å². The maximum Gasteiger partial charge on any atom is 0.319 e. The van der Waals surface area contributed by atoms with Gasteiger partial charge in [0.25, 0.3) is 0 Å². The topological polar surface area (TPSA) is 75.3 Å². The van der Waals surface area contributed by atoms with E-state index >= 15 is 0 Å². The fourth-order valence-electron chi connectivity index (χ4n) is 3.94. The molecule has 0 saturated heterocycles. The molecule has 5 rings (SSSR count). The van der Waals surface area contributed by atoms with Crippen LogP contribution in [-0.4, -0.2) is 17.1 Å². The maximum atomic E-state index is 12.2. The monoisotopic (exact) mass is 478 g/mol. The third kappa shape index (κ3) is 6.71. The molecular weight excluding hydrogens is 448 g/mol. The van der Waals surface area contributed by atoms with Crippen LogP contribution in [-0.2, 0) is 19.7 Å². The summed E-state index contributed by atoms with van der Waals surface area (Å²) in [6.07, 6.45) is 6.01. The van der Waals surface area contributed by atoms with Crippen molar-refractivity contribution in [1.29, 1.82) is 0 Å². The number of hydrogen-bond acceptors (Lipinski definition) is 4. The summed E-state index contributed by atoms with van der Waals surface area (Å²) in [6.45, 7) is 1.75. The van der Waals surface area contributed by atoms with Crippen molar-refractivity contribution in [2.45, 2.75) is 38.6 Å². The Kier molecular flexibility index (Phi) is 7.54. The predicted molar refractivity (Wildman–Crippen MR) is 143 cm³/mol. The van der Waals surface area contributed by atoms with Gasteiger partial charge in [0.1, 0.15) is 12.4 Å². The van der Waals surface area contributed by atoms with E-state index < -0.39 is 0 Å². The number of nitrogens with one attached hydrogen (secondary N) is 3. The molecule has 0 aliphatic heterocycles. The molecule has 182 valence electrons. The summed E-state index contributed by atoms with van der Waals surface area (Å²) < 4.78 is 6.21. The van der Waals surface area contributed by atoms with Gasteiger partial charge in [-0.15, -0.1) is 0 Å². The minimum atomic E-state index is -0.258. The van der Waals surface area contributed by atoms with E-state index in [9.17, 15) is 4.79 Å². The van der Waals surface area contributed by atoms with Crippen LogP contribution in [0.25, 0.3) is 11.1 Å². The van der Waals surface area contributed by atoms with Crippen LogP contribution in [0.4, 0.5) is 10.5 Å². The van der Waals surface area contributed by atoms with Crippen molar-refractivity contribution in [3.05, 3.63) is 114 Å². The van der Waals surface area contributed by atoms with Gasteiger partial charge < -0.3 is 20.7 Å². The minimum absolute atomic E-state index is 0.258. The summed E-state index contributed by atoms with van der Waals surface area (Å²) >= 11 is 0. The van der Waals surface area contributed by atoms with E-state index in [4.69, 9.17) is 4.74 Å². The molecule has 3 N–H and O–H groups in total. The lowest BCUT2D eigenvalue weighted by molar-refractivity contribution is 0.251. The highest BCUT2D eigenvalue weighted by molar-refractivity contribution is 5.89. The number of anilines is 1. The standard InChI is InChI=1S/C30H30N4O2/c35-30(33-20-24-6-4-16-31-18-24)34-27-12-10-22(11-13-27)21-36-29-9-2-1-8-28(29)25-7-3-5-23(17-25)19-32-26-14-15-26/h1-13,16-18,26,32H,14-15,19-21H2,(H2,33,34,35). The van der Waals surface area contributed by atoms with Gasteiger partial charge in [0.15, 0.2) is 0 Å². The van der Waals surface area contributed by atoms with E-state index in [2.05, 4.69) is 51.3 Å². The largest absolute Gasteiger partial charge is 0.488 e. The zero-order chi connectivity index (χ0) is 24.6. The second-order valence-corrected chi connectivity index (χ2v) is 9.01. The van der Waals surface area contributed by atoms with E-state index in [-0.39, 0.29) is 6.03 Å². The van der Waals surface area contributed by atoms with Crippen molar-refractivity contribution < 1.29 is 9.53 Å². The fraction of sp³-hybridized carbons (Fsp3) is 0.200. The van der Waals surface area contributed by atoms with Crippen molar-refractivity contribution in [3.8, 4) is 16.9 Å². The second-order valence-electron chi connectivity index (χ2n) is 9.01. The number of rotatable bonds is 10. The summed E-state index contributed by atoms with van der Waals surface area (Å²) in [4.78, 5) is 16.2. The first-order valence-electron chi connectivity index (χ1n) is 12.3. The summed E-state index contributed by atoms with van der Waals surface area (Å²) in [5.41, 5.74) is 6.20. The van der Waals surface area contributed by atoms with Crippen molar-refractivity contribution in [2.24, 2.45) is 0 Å². The SMILES string of the molecule is O=C(NCc1cccnc1)Nc1ccc(COc2ccccc2-c2cccc(CNC3CC3)c2)cc1. The molecule has 1 saturated carbocycles. The van der Waals surface area contributed by atoms with Crippen LogP contribution in [0.3, 0.4) is 0 Å². The number of ether oxygens (including phenoxy) is 1. The van der Waals surface area contributed by atoms with Crippen LogP contribution < -0.4 is 20.7 Å². The lowest BCUT2D eigenvalue weighted by Gasteiger charge is -2.13. The lowest BCUT2D eigenvalue weighted by Crippen LogP contribution is -2.28. The Bertz CT molecular complexity index is 1290. The molecule has 1 heterocycles. The van der Waals surface area contributed by atoms with Gasteiger partial charge in [0.2, 0.25) is 0 Å². The highest BCUT2D eigenvalue weighted by Crippen LogP contribution is 2.31. The molecule has 4 aromatic rings. The van der Waals surface area contributed by atoms with Gasteiger partial charge >= 0.3 is 6.03 Å². The van der Waals surface area contributed by atoms with Crippen LogP contribution in [0.1, 0.15) is 29.5 Å². The Labute approximate surface area is 211 Å². The summed E-state index contributed by atoms with van der Waals surface area (Å²) in [5, 5.41) is 9.27. The zero-order valence-corrected chi connectivity index (χ0v) is 20.1. The number of urea groups is 1. The molecule has 1 aliphatic carbocycles. The number of benzene rings is 3. The first-order chi connectivity index (χ1) is 17.7. The van der Waals surface area contributed by atoms with Gasteiger partial charge in [-0.25, -0.2) is 4.79 Å². The van der Waals surface area contributed by atoms with E-state index in [1.165, 1.54) is 18.4 Å². The number of hydrogen-bond donors (Lipinski definition) is 3. The average molecular weight is 479 g/mol. The summed E-state index contributed by atoms with van der Waals surface area (Å²) in [6, 6.07) is 28.6. The summed E-state index contributed by atoms with van der Waals surface area (Å²) in [7, 11) is 0. The number of nitrogens with zero attached hydrogens (tertiary/aromatic N) is 1. The van der Waals surface area contributed by atoms with Gasteiger partial charge in [0, 0.05) is 42.8 Å². The number of pyridine rings is 1. The average Bonchev–Trinajstić information content (AvgIpc) is 3.76. The van der Waals surface area contributed by atoms with Gasteiger partial charge in [0.05, 0.1) is 0 Å². The lowest BCUT2D eigenvalue weighted by atomic mass is 10.0. The first-order valence-corrected chi connectivity index (χ1v) is 12.3. The smallest absolute Gasteiger partial charge is 0.319 e. The van der Waals surface area contributed by atoms with Crippen molar-refractivity contribution >= 4 is 11.7 Å². The highest BCUT2D eigenvalue weighted by Gasteiger charge is 2.20. The molecular formula is C30H30N4O2. The van der Waals surface area contributed by atoms with Gasteiger partial charge in [-0.2, -0.15) is 0 Å². The van der Waals surface area contributed by atoms with Crippen LogP contribution in [0, 0.1) is 0 Å². The molecule has 3 aromatic carbocycles. The number of para-hydroxylation sites is 1. The Morgan fingerprint density at radius 3 is 2.50 bits per heavy atom. The van der Waals surface area contributed by atoms with Gasteiger partial charge in [-0.05, 0) is 65.4 Å². The van der Waals surface area contributed by atoms with Crippen LogP contribution in [0.15, 0.2) is 97.3 Å². The molecule has 0 radical (unpaired) electrons. The fourth-order valence-corrected chi connectivity index (χ4v) is 3.94. The summed E-state index contributed by atoms with van der Waals surface area (Å²) in [5.74, 6) is 0.849.